The van der Waals surface area contributed by atoms with Crippen molar-refractivity contribution in [1.29, 1.82) is 0 Å². The molecule has 0 radical (unpaired) electrons. The molecule has 1 aromatic rings. The van der Waals surface area contributed by atoms with Gasteiger partial charge >= 0.3 is 0 Å². The summed E-state index contributed by atoms with van der Waals surface area (Å²) in [6, 6.07) is 7.81. The summed E-state index contributed by atoms with van der Waals surface area (Å²) in [6.07, 6.45) is 2.14. The molecule has 0 aromatic heterocycles. The molecule has 2 aliphatic rings. The fourth-order valence-corrected chi connectivity index (χ4v) is 3.79. The van der Waals surface area contributed by atoms with E-state index in [0.717, 1.165) is 36.5 Å². The molecule has 0 saturated carbocycles. The molecule has 1 saturated heterocycles. The van der Waals surface area contributed by atoms with E-state index >= 15 is 0 Å². The molecule has 1 aromatic carbocycles. The van der Waals surface area contributed by atoms with E-state index in [1.807, 2.05) is 36.1 Å². The molecular formula is C15H18N2O2S. The Bertz CT molecular complexity index is 540. The van der Waals surface area contributed by atoms with E-state index in [1.54, 1.807) is 16.7 Å². The van der Waals surface area contributed by atoms with Crippen LogP contribution in [0.4, 0.5) is 5.69 Å². The van der Waals surface area contributed by atoms with Gasteiger partial charge in [-0.3, -0.25) is 9.59 Å². The van der Waals surface area contributed by atoms with Crippen LogP contribution in [0, 0.1) is 0 Å². The van der Waals surface area contributed by atoms with Crippen LogP contribution in [0.25, 0.3) is 0 Å². The number of hydrogen-bond acceptors (Lipinski definition) is 3. The monoisotopic (exact) mass is 290 g/mol. The summed E-state index contributed by atoms with van der Waals surface area (Å²) in [5, 5.41) is -0.128. The van der Waals surface area contributed by atoms with E-state index in [-0.39, 0.29) is 23.6 Å². The lowest BCUT2D eigenvalue weighted by atomic mass is 10.2. The van der Waals surface area contributed by atoms with Gasteiger partial charge in [0.15, 0.2) is 0 Å². The van der Waals surface area contributed by atoms with Crippen LogP contribution in [0.2, 0.25) is 0 Å². The van der Waals surface area contributed by atoms with Gasteiger partial charge in [-0.15, -0.1) is 11.8 Å². The number of anilines is 1. The lowest BCUT2D eigenvalue weighted by Gasteiger charge is -2.32. The Kier molecular flexibility index (Phi) is 3.70. The first kappa shape index (κ1) is 13.5. The number of para-hydroxylation sites is 1. The zero-order valence-corrected chi connectivity index (χ0v) is 12.4. The number of carbonyl (C=O) groups is 2. The van der Waals surface area contributed by atoms with Crippen molar-refractivity contribution in [2.24, 2.45) is 0 Å². The van der Waals surface area contributed by atoms with Gasteiger partial charge in [-0.2, -0.15) is 0 Å². The number of likely N-dealkylation sites (tertiary alicyclic amines) is 1. The second-order valence-electron chi connectivity index (χ2n) is 5.24. The van der Waals surface area contributed by atoms with Crippen LogP contribution in [0.15, 0.2) is 29.2 Å². The van der Waals surface area contributed by atoms with Crippen LogP contribution in [0.5, 0.6) is 0 Å². The smallest absolute Gasteiger partial charge is 0.242 e. The van der Waals surface area contributed by atoms with Crippen molar-refractivity contribution in [2.75, 3.05) is 24.5 Å². The van der Waals surface area contributed by atoms with E-state index in [1.165, 1.54) is 0 Å². The number of hydrogen-bond donors (Lipinski definition) is 0. The summed E-state index contributed by atoms with van der Waals surface area (Å²) in [6.45, 7) is 3.72. The zero-order chi connectivity index (χ0) is 14.1. The molecule has 3 rings (SSSR count). The molecule has 20 heavy (non-hydrogen) atoms. The standard InChI is InChI=1S/C15H18N2O2S/c1-11-15(19)17(10-14(18)16-8-4-5-9-16)12-6-2-3-7-13(12)20-11/h2-3,6-7,11H,4-5,8-10H2,1H3/t11-/m0/s1. The summed E-state index contributed by atoms with van der Waals surface area (Å²) in [5.41, 5.74) is 0.869. The molecule has 0 bridgehead atoms. The third-order valence-electron chi connectivity index (χ3n) is 3.83. The Morgan fingerprint density at radius 3 is 2.75 bits per heavy atom. The minimum Gasteiger partial charge on any atom is -0.341 e. The molecule has 0 spiro atoms. The van der Waals surface area contributed by atoms with Crippen LogP contribution in [-0.2, 0) is 9.59 Å². The van der Waals surface area contributed by atoms with Gasteiger partial charge in [0.1, 0.15) is 6.54 Å². The van der Waals surface area contributed by atoms with E-state index in [9.17, 15) is 9.59 Å². The lowest BCUT2D eigenvalue weighted by molar-refractivity contribution is -0.130. The van der Waals surface area contributed by atoms with Gasteiger partial charge in [0.2, 0.25) is 11.8 Å². The highest BCUT2D eigenvalue weighted by Gasteiger charge is 2.32. The van der Waals surface area contributed by atoms with Crippen molar-refractivity contribution in [3.63, 3.8) is 0 Å². The number of rotatable bonds is 2. The second kappa shape index (κ2) is 5.48. The first-order valence-corrected chi connectivity index (χ1v) is 7.89. The van der Waals surface area contributed by atoms with Crippen molar-refractivity contribution in [3.8, 4) is 0 Å². The molecule has 0 N–H and O–H groups in total. The van der Waals surface area contributed by atoms with Crippen molar-refractivity contribution < 1.29 is 9.59 Å². The van der Waals surface area contributed by atoms with Crippen molar-refractivity contribution in [3.05, 3.63) is 24.3 Å². The molecule has 5 heteroatoms. The van der Waals surface area contributed by atoms with E-state index in [2.05, 4.69) is 0 Å². The summed E-state index contributed by atoms with van der Waals surface area (Å²) in [7, 11) is 0. The Hall–Kier alpha value is -1.49. The fourth-order valence-electron chi connectivity index (χ4n) is 2.72. The normalized spacial score (nSPS) is 22.1. The summed E-state index contributed by atoms with van der Waals surface area (Å²) in [5.74, 6) is 0.0889. The number of thioether (sulfide) groups is 1. The van der Waals surface area contributed by atoms with E-state index in [4.69, 9.17) is 0 Å². The van der Waals surface area contributed by atoms with Gasteiger partial charge in [-0.05, 0) is 31.9 Å². The first-order chi connectivity index (χ1) is 9.66. The Labute approximate surface area is 123 Å². The maximum Gasteiger partial charge on any atom is 0.242 e. The molecule has 4 nitrogen and oxygen atoms in total. The number of amides is 2. The average Bonchev–Trinajstić information content (AvgIpc) is 2.98. The van der Waals surface area contributed by atoms with Crippen molar-refractivity contribution in [1.82, 2.24) is 4.90 Å². The molecule has 1 fully saturated rings. The second-order valence-corrected chi connectivity index (χ2v) is 6.62. The predicted molar refractivity (Wildman–Crippen MR) is 79.9 cm³/mol. The molecule has 2 heterocycles. The zero-order valence-electron chi connectivity index (χ0n) is 11.5. The largest absolute Gasteiger partial charge is 0.341 e. The third-order valence-corrected chi connectivity index (χ3v) is 4.98. The Morgan fingerprint density at radius 2 is 2.00 bits per heavy atom. The fraction of sp³-hybridized carbons (Fsp3) is 0.467. The van der Waals surface area contributed by atoms with Gasteiger partial charge in [0, 0.05) is 18.0 Å². The minimum absolute atomic E-state index is 0.0289. The van der Waals surface area contributed by atoms with Gasteiger partial charge in [0.25, 0.3) is 0 Å². The topological polar surface area (TPSA) is 40.6 Å². The highest BCUT2D eigenvalue weighted by atomic mass is 32.2. The predicted octanol–water partition coefficient (Wildman–Crippen LogP) is 2.14. The van der Waals surface area contributed by atoms with E-state index < -0.39 is 0 Å². The van der Waals surface area contributed by atoms with Gasteiger partial charge in [-0.25, -0.2) is 0 Å². The van der Waals surface area contributed by atoms with Gasteiger partial charge in [0.05, 0.1) is 10.9 Å². The molecule has 2 amide bonds. The third kappa shape index (κ3) is 2.42. The first-order valence-electron chi connectivity index (χ1n) is 7.01. The summed E-state index contributed by atoms with van der Waals surface area (Å²) < 4.78 is 0. The highest BCUT2D eigenvalue weighted by molar-refractivity contribution is 8.00. The number of fused-ring (bicyclic) bond motifs is 1. The van der Waals surface area contributed by atoms with Gasteiger partial charge < -0.3 is 9.80 Å². The molecule has 0 unspecified atom stereocenters. The highest BCUT2D eigenvalue weighted by Crippen LogP contribution is 2.38. The number of nitrogens with zero attached hydrogens (tertiary/aromatic N) is 2. The minimum atomic E-state index is -0.128. The Morgan fingerprint density at radius 1 is 1.30 bits per heavy atom. The van der Waals surface area contributed by atoms with Crippen LogP contribution in [-0.4, -0.2) is 41.6 Å². The van der Waals surface area contributed by atoms with Crippen LogP contribution in [0.1, 0.15) is 19.8 Å². The maximum absolute atomic E-state index is 12.4. The Balaban J connectivity index is 1.83. The molecule has 106 valence electrons. The number of carbonyl (C=O) groups excluding carboxylic acids is 2. The van der Waals surface area contributed by atoms with Crippen molar-refractivity contribution >= 4 is 29.3 Å². The molecule has 2 aliphatic heterocycles. The van der Waals surface area contributed by atoms with E-state index in [0.29, 0.717) is 0 Å². The maximum atomic E-state index is 12.4. The van der Waals surface area contributed by atoms with Crippen molar-refractivity contribution in [2.45, 2.75) is 29.9 Å². The summed E-state index contributed by atoms with van der Waals surface area (Å²) in [4.78, 5) is 29.3. The van der Waals surface area contributed by atoms with Crippen LogP contribution in [0.3, 0.4) is 0 Å². The molecule has 1 atom stereocenters. The summed E-state index contributed by atoms with van der Waals surface area (Å²) >= 11 is 1.57. The molecular weight excluding hydrogens is 272 g/mol. The average molecular weight is 290 g/mol. The lowest BCUT2D eigenvalue weighted by Crippen LogP contribution is -2.46. The van der Waals surface area contributed by atoms with Crippen LogP contribution < -0.4 is 4.90 Å². The number of benzene rings is 1. The quantitative estimate of drug-likeness (QED) is 0.838. The molecule has 0 aliphatic carbocycles. The SMILES string of the molecule is C[C@@H]1Sc2ccccc2N(CC(=O)N2CCCC2)C1=O. The van der Waals surface area contributed by atoms with Crippen LogP contribution >= 0.6 is 11.8 Å². The van der Waals surface area contributed by atoms with Gasteiger partial charge in [-0.1, -0.05) is 12.1 Å².